The Morgan fingerprint density at radius 2 is 1.82 bits per heavy atom. The first-order valence-corrected chi connectivity index (χ1v) is 14.2. The fraction of sp³-hybridized carbons (Fsp3) is 0.312. The minimum atomic E-state index is -0.626. The number of carbonyl (C=O) groups excluding carboxylic acids is 2. The quantitative estimate of drug-likeness (QED) is 0.333. The molecule has 7 heteroatoms. The Bertz CT molecular complexity index is 1480. The molecule has 0 saturated heterocycles. The molecule has 2 heterocycles. The van der Waals surface area contributed by atoms with E-state index >= 15 is 0 Å². The number of pyridine rings is 1. The summed E-state index contributed by atoms with van der Waals surface area (Å²) >= 11 is 1.73. The molecule has 39 heavy (non-hydrogen) atoms. The molecule has 2 aromatic carbocycles. The van der Waals surface area contributed by atoms with Gasteiger partial charge in [0.2, 0.25) is 5.91 Å². The molecular weight excluding hydrogens is 506 g/mol. The molecule has 1 N–H and O–H groups in total. The summed E-state index contributed by atoms with van der Waals surface area (Å²) in [6.45, 7) is 5.92. The number of hydrogen-bond acceptors (Lipinski definition) is 6. The van der Waals surface area contributed by atoms with E-state index in [2.05, 4.69) is 47.6 Å². The fourth-order valence-corrected chi connectivity index (χ4v) is 6.29. The molecule has 2 unspecified atom stereocenters. The number of nitrogens with one attached hydrogen (secondary N) is 1. The van der Waals surface area contributed by atoms with Crippen LogP contribution in [0.25, 0.3) is 0 Å². The molecule has 0 fully saturated rings. The zero-order valence-electron chi connectivity index (χ0n) is 22.8. The number of ketones is 1. The monoisotopic (exact) mass is 539 g/mol. The van der Waals surface area contributed by atoms with Crippen LogP contribution in [0.5, 0.6) is 5.75 Å². The molecule has 2 atom stereocenters. The van der Waals surface area contributed by atoms with Gasteiger partial charge in [0.05, 0.1) is 13.0 Å². The fourth-order valence-electron chi connectivity index (χ4n) is 5.42. The highest BCUT2D eigenvalue weighted by atomic mass is 32.2. The Kier molecular flexibility index (Phi) is 7.98. The maximum absolute atomic E-state index is 13.8. The summed E-state index contributed by atoms with van der Waals surface area (Å²) in [6, 6.07) is 18.2. The lowest BCUT2D eigenvalue weighted by Gasteiger charge is -2.35. The van der Waals surface area contributed by atoms with Gasteiger partial charge >= 0.3 is 0 Å². The third kappa shape index (κ3) is 5.83. The number of hydrogen-bond donors (Lipinski definition) is 1. The van der Waals surface area contributed by atoms with Gasteiger partial charge in [-0.15, -0.1) is 11.8 Å². The summed E-state index contributed by atoms with van der Waals surface area (Å²) in [7, 11) is 1.67. The van der Waals surface area contributed by atoms with Crippen molar-refractivity contribution >= 4 is 35.0 Å². The first kappa shape index (κ1) is 26.9. The Labute approximate surface area is 234 Å². The number of nitrogens with zero attached hydrogens (tertiary/aromatic N) is 2. The van der Waals surface area contributed by atoms with Crippen LogP contribution in [-0.2, 0) is 15.3 Å². The molecule has 6 nitrogen and oxygen atoms in total. The second-order valence-corrected chi connectivity index (χ2v) is 11.3. The van der Waals surface area contributed by atoms with Crippen LogP contribution >= 0.6 is 11.8 Å². The molecule has 1 aliphatic carbocycles. The van der Waals surface area contributed by atoms with Crippen LogP contribution in [-0.4, -0.2) is 29.5 Å². The molecule has 2 aliphatic rings. The van der Waals surface area contributed by atoms with Gasteiger partial charge in [0.1, 0.15) is 11.6 Å². The van der Waals surface area contributed by atoms with Gasteiger partial charge in [-0.3, -0.25) is 14.6 Å². The number of Topliss-reactive ketones (excluding diaryl/α,β-unsaturated/α-hetero) is 1. The van der Waals surface area contributed by atoms with Crippen molar-refractivity contribution in [1.29, 1.82) is 0 Å². The summed E-state index contributed by atoms with van der Waals surface area (Å²) < 4.78 is 5.71. The Hall–Kier alpha value is -3.71. The number of methoxy groups -OCH3 is 1. The maximum Gasteiger partial charge on any atom is 0.235 e. The van der Waals surface area contributed by atoms with Gasteiger partial charge < -0.3 is 10.1 Å². The zero-order valence-corrected chi connectivity index (χ0v) is 23.6. The molecule has 1 aromatic heterocycles. The van der Waals surface area contributed by atoms with E-state index in [0.717, 1.165) is 41.0 Å². The van der Waals surface area contributed by atoms with Crippen molar-refractivity contribution in [3.8, 4) is 5.75 Å². The van der Waals surface area contributed by atoms with E-state index in [-0.39, 0.29) is 11.7 Å². The van der Waals surface area contributed by atoms with Crippen molar-refractivity contribution in [2.75, 3.05) is 12.4 Å². The van der Waals surface area contributed by atoms with Gasteiger partial charge in [0, 0.05) is 51.7 Å². The number of aliphatic imine (C=N–C) groups is 1. The summed E-state index contributed by atoms with van der Waals surface area (Å²) in [6.07, 6.45) is 3.68. The molecule has 1 amide bonds. The predicted octanol–water partition coefficient (Wildman–Crippen LogP) is 6.82. The molecule has 0 radical (unpaired) electrons. The number of rotatable bonds is 7. The topological polar surface area (TPSA) is 80.6 Å². The summed E-state index contributed by atoms with van der Waals surface area (Å²) in [5.74, 6) is 0.790. The SMILES string of the molecule is COc1ccc(C2C3=C(CCCC3=O)N=C(C)C2C(=O)Nc2cc(C)ccn2)cc1CSc1ccc(C)cc1. The van der Waals surface area contributed by atoms with Crippen LogP contribution in [0.15, 0.2) is 82.0 Å². The first-order chi connectivity index (χ1) is 18.8. The maximum atomic E-state index is 13.8. The van der Waals surface area contributed by atoms with E-state index in [1.165, 1.54) is 10.5 Å². The summed E-state index contributed by atoms with van der Waals surface area (Å²) in [4.78, 5) is 37.4. The lowest BCUT2D eigenvalue weighted by atomic mass is 9.71. The summed E-state index contributed by atoms with van der Waals surface area (Å²) in [5, 5.41) is 2.99. The van der Waals surface area contributed by atoms with E-state index in [1.54, 1.807) is 25.1 Å². The van der Waals surface area contributed by atoms with E-state index in [1.807, 2.05) is 38.1 Å². The Morgan fingerprint density at radius 3 is 2.56 bits per heavy atom. The van der Waals surface area contributed by atoms with Gasteiger partial charge in [-0.2, -0.15) is 0 Å². The molecule has 0 bridgehead atoms. The second-order valence-electron chi connectivity index (χ2n) is 10.2. The third-order valence-electron chi connectivity index (χ3n) is 7.36. The highest BCUT2D eigenvalue weighted by Crippen LogP contribution is 2.44. The largest absolute Gasteiger partial charge is 0.496 e. The van der Waals surface area contributed by atoms with Crippen molar-refractivity contribution < 1.29 is 14.3 Å². The number of allylic oxidation sites excluding steroid dienone is 2. The van der Waals surface area contributed by atoms with Gasteiger partial charge in [0.15, 0.2) is 5.78 Å². The minimum Gasteiger partial charge on any atom is -0.496 e. The van der Waals surface area contributed by atoms with E-state index in [9.17, 15) is 9.59 Å². The van der Waals surface area contributed by atoms with Gasteiger partial charge in [-0.05, 0) is 75.1 Å². The van der Waals surface area contributed by atoms with Crippen molar-refractivity contribution in [2.24, 2.45) is 10.9 Å². The van der Waals surface area contributed by atoms with Gasteiger partial charge in [-0.25, -0.2) is 4.98 Å². The molecule has 0 saturated carbocycles. The average molecular weight is 540 g/mol. The number of anilines is 1. The third-order valence-corrected chi connectivity index (χ3v) is 8.42. The molecule has 1 aliphatic heterocycles. The molecule has 200 valence electrons. The number of aryl methyl sites for hydroxylation is 2. The Morgan fingerprint density at radius 1 is 1.03 bits per heavy atom. The highest BCUT2D eigenvalue weighted by Gasteiger charge is 2.42. The molecule has 3 aromatic rings. The first-order valence-electron chi connectivity index (χ1n) is 13.2. The van der Waals surface area contributed by atoms with Crippen molar-refractivity contribution in [3.63, 3.8) is 0 Å². The summed E-state index contributed by atoms with van der Waals surface area (Å²) in [5.41, 5.74) is 6.37. The Balaban J connectivity index is 1.53. The lowest BCUT2D eigenvalue weighted by Crippen LogP contribution is -2.39. The van der Waals surface area contributed by atoms with Crippen LogP contribution in [0.4, 0.5) is 5.82 Å². The number of ether oxygens (including phenoxy) is 1. The molecule has 0 spiro atoms. The lowest BCUT2D eigenvalue weighted by molar-refractivity contribution is -0.119. The molecule has 5 rings (SSSR count). The zero-order chi connectivity index (χ0) is 27.5. The standard InChI is InChI=1S/C32H33N3O3S/c1-19-8-11-24(12-9-19)39-18-23-17-22(10-13-27(23)38-4)30-29(32(37)35-28-16-20(2)14-15-33-28)21(3)34-25-6-5-7-26(36)31(25)30/h8-17,29-30H,5-7,18H2,1-4H3,(H,33,35,37). The van der Waals surface area contributed by atoms with Crippen molar-refractivity contribution in [3.05, 3.63) is 94.3 Å². The van der Waals surface area contributed by atoms with E-state index in [4.69, 9.17) is 9.73 Å². The van der Waals surface area contributed by atoms with E-state index < -0.39 is 11.8 Å². The van der Waals surface area contributed by atoms with Crippen LogP contribution in [0, 0.1) is 19.8 Å². The van der Waals surface area contributed by atoms with Gasteiger partial charge in [0.25, 0.3) is 0 Å². The van der Waals surface area contributed by atoms with Crippen LogP contribution in [0.2, 0.25) is 0 Å². The average Bonchev–Trinajstić information content (AvgIpc) is 2.92. The number of amides is 1. The van der Waals surface area contributed by atoms with Crippen molar-refractivity contribution in [2.45, 2.75) is 56.6 Å². The number of carbonyl (C=O) groups is 2. The minimum absolute atomic E-state index is 0.0791. The van der Waals surface area contributed by atoms with Crippen molar-refractivity contribution in [1.82, 2.24) is 4.98 Å². The smallest absolute Gasteiger partial charge is 0.235 e. The van der Waals surface area contributed by atoms with E-state index in [0.29, 0.717) is 29.3 Å². The second kappa shape index (κ2) is 11.6. The van der Waals surface area contributed by atoms with Gasteiger partial charge in [-0.1, -0.05) is 29.8 Å². The van der Waals surface area contributed by atoms with Crippen LogP contribution < -0.4 is 10.1 Å². The predicted molar refractivity (Wildman–Crippen MR) is 157 cm³/mol. The van der Waals surface area contributed by atoms with Crippen LogP contribution in [0.1, 0.15) is 54.4 Å². The number of thioether (sulfide) groups is 1. The number of benzene rings is 2. The van der Waals surface area contributed by atoms with Crippen LogP contribution in [0.3, 0.4) is 0 Å². The molecular formula is C32H33N3O3S. The highest BCUT2D eigenvalue weighted by molar-refractivity contribution is 7.98. The number of aromatic nitrogens is 1. The normalized spacial score (nSPS) is 18.9.